The number of aromatic nitrogens is 3. The first-order chi connectivity index (χ1) is 8.18. The Morgan fingerprint density at radius 3 is 2.53 bits per heavy atom. The van der Waals surface area contributed by atoms with Gasteiger partial charge in [-0.15, -0.1) is 5.10 Å². The van der Waals surface area contributed by atoms with Crippen molar-refractivity contribution in [3.8, 4) is 0 Å². The van der Waals surface area contributed by atoms with Crippen LogP contribution in [-0.2, 0) is 7.05 Å². The molecule has 4 nitrogen and oxygen atoms in total. The summed E-state index contributed by atoms with van der Waals surface area (Å²) in [5.74, 6) is 1.06. The molecule has 0 aliphatic carbocycles. The molecule has 2 aromatic rings. The summed E-state index contributed by atoms with van der Waals surface area (Å²) < 4.78 is 2.17. The van der Waals surface area contributed by atoms with E-state index < -0.39 is 0 Å². The van der Waals surface area contributed by atoms with Gasteiger partial charge in [0.25, 0.3) is 0 Å². The normalized spacial score (nSPS) is 16.1. The van der Waals surface area contributed by atoms with Gasteiger partial charge in [0.2, 0.25) is 0 Å². The smallest absolute Gasteiger partial charge is 0.160 e. The Balaban J connectivity index is 2.25. The fourth-order valence-corrected chi connectivity index (χ4v) is 2.74. The van der Waals surface area contributed by atoms with Crippen LogP contribution in [0.15, 0.2) is 6.20 Å². The predicted octanol–water partition coefficient (Wildman–Crippen LogP) is 2.19. The van der Waals surface area contributed by atoms with Gasteiger partial charge in [-0.05, 0) is 26.7 Å². The Labute approximate surface area is 101 Å². The fraction of sp³-hybridized carbons (Fsp3) is 0.538. The predicted molar refractivity (Wildman–Crippen MR) is 69.4 cm³/mol. The molecule has 17 heavy (non-hydrogen) atoms. The highest BCUT2D eigenvalue weighted by Crippen LogP contribution is 2.30. The van der Waals surface area contributed by atoms with Crippen molar-refractivity contribution < 1.29 is 0 Å². The van der Waals surface area contributed by atoms with Crippen LogP contribution >= 0.6 is 0 Å². The number of aryl methyl sites for hydroxylation is 3. The third-order valence-corrected chi connectivity index (χ3v) is 3.79. The van der Waals surface area contributed by atoms with Gasteiger partial charge in [0, 0.05) is 42.8 Å². The van der Waals surface area contributed by atoms with E-state index in [-0.39, 0.29) is 0 Å². The molecule has 0 spiro atoms. The van der Waals surface area contributed by atoms with Crippen LogP contribution in [0, 0.1) is 13.8 Å². The van der Waals surface area contributed by atoms with Gasteiger partial charge in [0.1, 0.15) is 0 Å². The summed E-state index contributed by atoms with van der Waals surface area (Å²) in [6.45, 7) is 6.41. The summed E-state index contributed by atoms with van der Waals surface area (Å²) in [5.41, 5.74) is 2.30. The molecule has 1 fully saturated rings. The van der Waals surface area contributed by atoms with Crippen molar-refractivity contribution in [2.45, 2.75) is 26.7 Å². The van der Waals surface area contributed by atoms with E-state index in [1.807, 2.05) is 6.92 Å². The molecule has 2 aromatic heterocycles. The van der Waals surface area contributed by atoms with Gasteiger partial charge in [-0.1, -0.05) is 0 Å². The maximum Gasteiger partial charge on any atom is 0.160 e. The first kappa shape index (κ1) is 10.6. The monoisotopic (exact) mass is 230 g/mol. The second-order valence-electron chi connectivity index (χ2n) is 4.92. The molecule has 1 aliphatic heterocycles. The highest BCUT2D eigenvalue weighted by atomic mass is 15.3. The van der Waals surface area contributed by atoms with E-state index in [0.29, 0.717) is 0 Å². The van der Waals surface area contributed by atoms with E-state index in [1.54, 1.807) is 0 Å². The Kier molecular flexibility index (Phi) is 2.31. The lowest BCUT2D eigenvalue weighted by Gasteiger charge is -2.16. The molecule has 1 aliphatic rings. The number of rotatable bonds is 1. The van der Waals surface area contributed by atoms with Crippen LogP contribution in [0.25, 0.3) is 10.8 Å². The number of nitrogens with zero attached hydrogens (tertiary/aromatic N) is 4. The SMILES string of the molecule is Cc1nnc(N2CCCC2)c2cn(C)c(C)c12. The quantitative estimate of drug-likeness (QED) is 0.753. The molecule has 90 valence electrons. The van der Waals surface area contributed by atoms with Crippen LogP contribution in [0.4, 0.5) is 5.82 Å². The van der Waals surface area contributed by atoms with Gasteiger partial charge in [0.05, 0.1) is 5.69 Å². The highest BCUT2D eigenvalue weighted by molar-refractivity contribution is 5.95. The summed E-state index contributed by atoms with van der Waals surface area (Å²) in [6.07, 6.45) is 4.71. The maximum atomic E-state index is 4.41. The van der Waals surface area contributed by atoms with Crippen molar-refractivity contribution in [3.63, 3.8) is 0 Å². The van der Waals surface area contributed by atoms with Crippen LogP contribution in [0.2, 0.25) is 0 Å². The van der Waals surface area contributed by atoms with Crippen molar-refractivity contribution in [3.05, 3.63) is 17.6 Å². The molecule has 0 N–H and O–H groups in total. The van der Waals surface area contributed by atoms with E-state index in [1.165, 1.54) is 29.3 Å². The fourth-order valence-electron chi connectivity index (χ4n) is 2.74. The zero-order valence-corrected chi connectivity index (χ0v) is 10.7. The third kappa shape index (κ3) is 1.51. The summed E-state index contributed by atoms with van der Waals surface area (Å²) in [6, 6.07) is 0. The molecule has 3 heterocycles. The number of fused-ring (bicyclic) bond motifs is 1. The summed E-state index contributed by atoms with van der Waals surface area (Å²) in [4.78, 5) is 2.36. The lowest BCUT2D eigenvalue weighted by atomic mass is 10.2. The second-order valence-corrected chi connectivity index (χ2v) is 4.92. The molecule has 0 atom stereocenters. The average molecular weight is 230 g/mol. The highest BCUT2D eigenvalue weighted by Gasteiger charge is 2.19. The molecule has 0 radical (unpaired) electrons. The van der Waals surface area contributed by atoms with Crippen LogP contribution in [-0.4, -0.2) is 27.9 Å². The van der Waals surface area contributed by atoms with Crippen LogP contribution in [0.5, 0.6) is 0 Å². The zero-order chi connectivity index (χ0) is 12.0. The minimum Gasteiger partial charge on any atom is -0.355 e. The average Bonchev–Trinajstić information content (AvgIpc) is 2.90. The largest absolute Gasteiger partial charge is 0.355 e. The second kappa shape index (κ2) is 3.72. The summed E-state index contributed by atoms with van der Waals surface area (Å²) >= 11 is 0. The first-order valence-electron chi connectivity index (χ1n) is 6.22. The topological polar surface area (TPSA) is 34.0 Å². The van der Waals surface area contributed by atoms with Crippen molar-refractivity contribution >= 4 is 16.6 Å². The Bertz CT molecular complexity index is 564. The van der Waals surface area contributed by atoms with Crippen molar-refractivity contribution in [1.82, 2.24) is 14.8 Å². The molecule has 0 amide bonds. The van der Waals surface area contributed by atoms with Gasteiger partial charge in [-0.3, -0.25) is 0 Å². The Morgan fingerprint density at radius 2 is 1.82 bits per heavy atom. The van der Waals surface area contributed by atoms with Gasteiger partial charge in [0.15, 0.2) is 5.82 Å². The standard InChI is InChI=1S/C13H18N4/c1-9-12-10(2)16(3)8-11(12)13(15-14-9)17-6-4-5-7-17/h8H,4-7H2,1-3H3. The Morgan fingerprint density at radius 1 is 1.12 bits per heavy atom. The summed E-state index contributed by atoms with van der Waals surface area (Å²) in [7, 11) is 2.09. The van der Waals surface area contributed by atoms with Crippen molar-refractivity contribution in [2.24, 2.45) is 7.05 Å². The van der Waals surface area contributed by atoms with E-state index >= 15 is 0 Å². The maximum absolute atomic E-state index is 4.41. The van der Waals surface area contributed by atoms with Crippen molar-refractivity contribution in [1.29, 1.82) is 0 Å². The molecule has 0 bridgehead atoms. The molecule has 0 aromatic carbocycles. The van der Waals surface area contributed by atoms with Gasteiger partial charge >= 0.3 is 0 Å². The molecule has 0 saturated carbocycles. The van der Waals surface area contributed by atoms with E-state index in [9.17, 15) is 0 Å². The third-order valence-electron chi connectivity index (χ3n) is 3.79. The number of hydrogen-bond donors (Lipinski definition) is 0. The van der Waals surface area contributed by atoms with Crippen LogP contribution < -0.4 is 4.90 Å². The molecule has 4 heteroatoms. The minimum absolute atomic E-state index is 1.03. The molecular formula is C13H18N4. The lowest BCUT2D eigenvalue weighted by Crippen LogP contribution is -2.19. The van der Waals surface area contributed by atoms with E-state index in [0.717, 1.165) is 24.6 Å². The van der Waals surface area contributed by atoms with Crippen LogP contribution in [0.3, 0.4) is 0 Å². The number of hydrogen-bond acceptors (Lipinski definition) is 3. The van der Waals surface area contributed by atoms with Crippen molar-refractivity contribution in [2.75, 3.05) is 18.0 Å². The Hall–Kier alpha value is -1.58. The van der Waals surface area contributed by atoms with E-state index in [2.05, 4.69) is 39.8 Å². The zero-order valence-electron chi connectivity index (χ0n) is 10.7. The first-order valence-corrected chi connectivity index (χ1v) is 6.22. The van der Waals surface area contributed by atoms with Gasteiger partial charge in [-0.2, -0.15) is 5.10 Å². The summed E-state index contributed by atoms with van der Waals surface area (Å²) in [5, 5.41) is 11.2. The molecule has 0 unspecified atom stereocenters. The molecule has 1 saturated heterocycles. The van der Waals surface area contributed by atoms with E-state index in [4.69, 9.17) is 0 Å². The van der Waals surface area contributed by atoms with Gasteiger partial charge < -0.3 is 9.47 Å². The number of anilines is 1. The molecule has 3 rings (SSSR count). The van der Waals surface area contributed by atoms with Gasteiger partial charge in [-0.25, -0.2) is 0 Å². The molecular weight excluding hydrogens is 212 g/mol. The lowest BCUT2D eigenvalue weighted by molar-refractivity contribution is 0.888. The minimum atomic E-state index is 1.03. The van der Waals surface area contributed by atoms with Crippen LogP contribution in [0.1, 0.15) is 24.2 Å².